The molecule has 1 aliphatic rings. The average molecular weight is 430 g/mol. The quantitative estimate of drug-likeness (QED) is 0.546. The Bertz CT molecular complexity index is 1140. The van der Waals surface area contributed by atoms with Crippen LogP contribution >= 0.6 is 11.8 Å². The van der Waals surface area contributed by atoms with Gasteiger partial charge in [-0.15, -0.1) is 0 Å². The van der Waals surface area contributed by atoms with Crippen LogP contribution in [0, 0.1) is 0 Å². The number of benzene rings is 3. The fourth-order valence-electron chi connectivity index (χ4n) is 2.89. The number of nitrogens with zero attached hydrogens (tertiary/aromatic N) is 2. The highest BCUT2D eigenvalue weighted by molar-refractivity contribution is 8.18. The van der Waals surface area contributed by atoms with E-state index in [1.807, 2.05) is 72.8 Å². The summed E-state index contributed by atoms with van der Waals surface area (Å²) in [5.41, 5.74) is 1.45. The second-order valence-electron chi connectivity index (χ2n) is 6.61. The second-order valence-corrected chi connectivity index (χ2v) is 7.62. The number of ether oxygens (including phenoxy) is 1. The van der Waals surface area contributed by atoms with Gasteiger partial charge in [-0.3, -0.25) is 14.5 Å². The van der Waals surface area contributed by atoms with E-state index >= 15 is 0 Å². The SMILES string of the molecule is O=C(O)CN1C(=O)/C(=C\c2ccc(Oc3ccccc3)cc2)SC1=Nc1ccccc1. The predicted molar refractivity (Wildman–Crippen MR) is 121 cm³/mol. The summed E-state index contributed by atoms with van der Waals surface area (Å²) in [5.74, 6) is -0.0659. The summed E-state index contributed by atoms with van der Waals surface area (Å²) >= 11 is 1.16. The Balaban J connectivity index is 1.56. The van der Waals surface area contributed by atoms with E-state index in [9.17, 15) is 14.7 Å². The Morgan fingerprint density at radius 1 is 0.935 bits per heavy atom. The zero-order valence-corrected chi connectivity index (χ0v) is 17.2. The first-order valence-corrected chi connectivity index (χ1v) is 10.3. The van der Waals surface area contributed by atoms with Gasteiger partial charge in [0.1, 0.15) is 18.0 Å². The van der Waals surface area contributed by atoms with Crippen molar-refractivity contribution < 1.29 is 19.4 Å². The zero-order chi connectivity index (χ0) is 21.6. The van der Waals surface area contributed by atoms with Crippen LogP contribution in [0.1, 0.15) is 5.56 Å². The third-order valence-corrected chi connectivity index (χ3v) is 5.33. The number of hydrogen-bond donors (Lipinski definition) is 1. The molecule has 3 aromatic rings. The zero-order valence-electron chi connectivity index (χ0n) is 16.3. The summed E-state index contributed by atoms with van der Waals surface area (Å²) in [6, 6.07) is 25.9. The van der Waals surface area contributed by atoms with Gasteiger partial charge in [0.15, 0.2) is 5.17 Å². The number of thioether (sulfide) groups is 1. The number of carboxylic acid groups (broad SMARTS) is 1. The Hall–Kier alpha value is -3.84. The van der Waals surface area contributed by atoms with Gasteiger partial charge >= 0.3 is 5.97 Å². The molecule has 0 aromatic heterocycles. The number of rotatable bonds is 6. The fourth-order valence-corrected chi connectivity index (χ4v) is 3.89. The van der Waals surface area contributed by atoms with Gasteiger partial charge in [-0.1, -0.05) is 48.5 Å². The second kappa shape index (κ2) is 9.32. The van der Waals surface area contributed by atoms with E-state index in [0.717, 1.165) is 23.1 Å². The van der Waals surface area contributed by atoms with Gasteiger partial charge in [0, 0.05) is 0 Å². The molecule has 1 heterocycles. The lowest BCUT2D eigenvalue weighted by Crippen LogP contribution is -2.34. The Morgan fingerprint density at radius 2 is 1.55 bits per heavy atom. The third kappa shape index (κ3) is 5.21. The molecule has 6 nitrogen and oxygen atoms in total. The molecule has 7 heteroatoms. The number of amidine groups is 1. The van der Waals surface area contributed by atoms with Crippen LogP contribution < -0.4 is 4.74 Å². The number of aliphatic imine (C=N–C) groups is 1. The maximum absolute atomic E-state index is 12.8. The largest absolute Gasteiger partial charge is 0.480 e. The summed E-state index contributed by atoms with van der Waals surface area (Å²) in [6.45, 7) is -0.446. The molecule has 0 aliphatic carbocycles. The van der Waals surface area contributed by atoms with E-state index in [1.165, 1.54) is 4.90 Å². The van der Waals surface area contributed by atoms with Crippen LogP contribution in [0.25, 0.3) is 6.08 Å². The molecule has 0 radical (unpaired) electrons. The van der Waals surface area contributed by atoms with Crippen molar-refractivity contribution in [3.63, 3.8) is 0 Å². The van der Waals surface area contributed by atoms with Crippen LogP contribution in [0.4, 0.5) is 5.69 Å². The Labute approximate surface area is 183 Å². The minimum atomic E-state index is -1.10. The maximum atomic E-state index is 12.8. The molecule has 0 bridgehead atoms. The lowest BCUT2D eigenvalue weighted by molar-refractivity contribution is -0.140. The van der Waals surface area contributed by atoms with Crippen LogP contribution in [-0.2, 0) is 9.59 Å². The highest BCUT2D eigenvalue weighted by Gasteiger charge is 2.34. The average Bonchev–Trinajstić information content (AvgIpc) is 3.05. The lowest BCUT2D eigenvalue weighted by atomic mass is 10.2. The van der Waals surface area contributed by atoms with E-state index in [-0.39, 0.29) is 5.91 Å². The van der Waals surface area contributed by atoms with Gasteiger partial charge in [0.05, 0.1) is 10.6 Å². The monoisotopic (exact) mass is 430 g/mol. The molecule has 1 N–H and O–H groups in total. The van der Waals surface area contributed by atoms with E-state index in [2.05, 4.69) is 4.99 Å². The molecule has 31 heavy (non-hydrogen) atoms. The summed E-state index contributed by atoms with van der Waals surface area (Å²) in [6.07, 6.45) is 1.72. The normalized spacial score (nSPS) is 16.1. The van der Waals surface area contributed by atoms with Crippen molar-refractivity contribution in [3.05, 3.63) is 95.4 Å². The van der Waals surface area contributed by atoms with Gasteiger partial charge in [0.25, 0.3) is 5.91 Å². The molecule has 1 saturated heterocycles. The number of hydrogen-bond acceptors (Lipinski definition) is 5. The van der Waals surface area contributed by atoms with Crippen molar-refractivity contribution >= 4 is 40.6 Å². The van der Waals surface area contributed by atoms with Gasteiger partial charge in [0.2, 0.25) is 0 Å². The highest BCUT2D eigenvalue weighted by atomic mass is 32.2. The Kier molecular flexibility index (Phi) is 6.14. The van der Waals surface area contributed by atoms with Crippen molar-refractivity contribution in [1.29, 1.82) is 0 Å². The molecule has 0 saturated carbocycles. The van der Waals surface area contributed by atoms with Gasteiger partial charge < -0.3 is 9.84 Å². The van der Waals surface area contributed by atoms with Crippen LogP contribution in [0.15, 0.2) is 94.8 Å². The summed E-state index contributed by atoms with van der Waals surface area (Å²) < 4.78 is 5.78. The summed E-state index contributed by atoms with van der Waals surface area (Å²) in [4.78, 5) is 30.1. The Morgan fingerprint density at radius 3 is 2.19 bits per heavy atom. The fraction of sp³-hybridized carbons (Fsp3) is 0.0417. The number of amides is 1. The molecule has 4 rings (SSSR count). The number of aliphatic carboxylic acids is 1. The van der Waals surface area contributed by atoms with Gasteiger partial charge in [-0.25, -0.2) is 4.99 Å². The molecule has 0 atom stereocenters. The highest BCUT2D eigenvalue weighted by Crippen LogP contribution is 2.34. The minimum absolute atomic E-state index is 0.342. The number of carbonyl (C=O) groups excluding carboxylic acids is 1. The molecule has 1 fully saturated rings. The number of carboxylic acids is 1. The van der Waals surface area contributed by atoms with E-state index < -0.39 is 12.5 Å². The summed E-state index contributed by atoms with van der Waals surface area (Å²) in [5, 5.41) is 9.55. The van der Waals surface area contributed by atoms with Crippen molar-refractivity contribution in [2.75, 3.05) is 6.54 Å². The van der Waals surface area contributed by atoms with Crippen molar-refractivity contribution in [3.8, 4) is 11.5 Å². The van der Waals surface area contributed by atoms with Crippen LogP contribution in [0.2, 0.25) is 0 Å². The molecule has 154 valence electrons. The van der Waals surface area contributed by atoms with Crippen molar-refractivity contribution in [1.82, 2.24) is 4.90 Å². The third-order valence-electron chi connectivity index (χ3n) is 4.32. The first kappa shape index (κ1) is 20.4. The van der Waals surface area contributed by atoms with Gasteiger partial charge in [-0.05, 0) is 59.8 Å². The van der Waals surface area contributed by atoms with Crippen molar-refractivity contribution in [2.24, 2.45) is 4.99 Å². The molecule has 3 aromatic carbocycles. The van der Waals surface area contributed by atoms with Crippen molar-refractivity contribution in [2.45, 2.75) is 0 Å². The maximum Gasteiger partial charge on any atom is 0.323 e. The van der Waals surface area contributed by atoms with E-state index in [1.54, 1.807) is 18.2 Å². The predicted octanol–water partition coefficient (Wildman–Crippen LogP) is 5.17. The number of carbonyl (C=O) groups is 2. The van der Waals surface area contributed by atoms with Gasteiger partial charge in [-0.2, -0.15) is 0 Å². The minimum Gasteiger partial charge on any atom is -0.480 e. The molecule has 0 unspecified atom stereocenters. The van der Waals surface area contributed by atoms with Crippen LogP contribution in [-0.4, -0.2) is 33.6 Å². The lowest BCUT2D eigenvalue weighted by Gasteiger charge is -2.12. The summed E-state index contributed by atoms with van der Waals surface area (Å²) in [7, 11) is 0. The standard InChI is InChI=1S/C24H18N2O4S/c27-22(28)16-26-23(29)21(31-24(26)25-18-7-3-1-4-8-18)15-17-11-13-20(14-12-17)30-19-9-5-2-6-10-19/h1-15H,16H2,(H,27,28)/b21-15+,25-24?. The van der Waals surface area contributed by atoms with Crippen LogP contribution in [0.3, 0.4) is 0 Å². The topological polar surface area (TPSA) is 79.2 Å². The molecular weight excluding hydrogens is 412 g/mol. The first-order valence-electron chi connectivity index (χ1n) is 9.48. The van der Waals surface area contributed by atoms with Crippen LogP contribution in [0.5, 0.6) is 11.5 Å². The first-order chi connectivity index (χ1) is 15.1. The molecule has 0 spiro atoms. The van der Waals surface area contributed by atoms with E-state index in [0.29, 0.717) is 21.5 Å². The molecule has 1 aliphatic heterocycles. The number of para-hydroxylation sites is 2. The van der Waals surface area contributed by atoms with E-state index in [4.69, 9.17) is 4.74 Å². The smallest absolute Gasteiger partial charge is 0.323 e. The molecular formula is C24H18N2O4S. The molecule has 1 amide bonds.